The van der Waals surface area contributed by atoms with Crippen molar-refractivity contribution in [2.75, 3.05) is 27.2 Å². The molecule has 0 saturated heterocycles. The number of ether oxygens (including phenoxy) is 1. The summed E-state index contributed by atoms with van der Waals surface area (Å²) in [6.07, 6.45) is 6.38. The van der Waals surface area contributed by atoms with Crippen molar-refractivity contribution < 1.29 is 4.74 Å². The standard InChI is InChI=1S/C17H26N2O/c1-19(16-6-7-16)10-9-18-15-5-3-13-4-8-17(20-2)12-14(13)11-15/h4,8,12,15-16,18H,3,5-7,9-11H2,1-2H3. The molecule has 1 aromatic carbocycles. The van der Waals surface area contributed by atoms with E-state index in [-0.39, 0.29) is 0 Å². The normalized spacial score (nSPS) is 21.9. The fourth-order valence-corrected chi connectivity index (χ4v) is 3.18. The SMILES string of the molecule is COc1ccc2c(c1)CC(NCCN(C)C1CC1)CC2. The number of nitrogens with zero attached hydrogens (tertiary/aromatic N) is 1. The smallest absolute Gasteiger partial charge is 0.119 e. The molecular weight excluding hydrogens is 248 g/mol. The number of fused-ring (bicyclic) bond motifs is 1. The number of hydrogen-bond acceptors (Lipinski definition) is 3. The molecule has 3 rings (SSSR count). The first kappa shape index (κ1) is 13.9. The Balaban J connectivity index is 1.49. The Labute approximate surface area is 122 Å². The first-order valence-corrected chi connectivity index (χ1v) is 7.85. The third kappa shape index (κ3) is 3.33. The van der Waals surface area contributed by atoms with Gasteiger partial charge >= 0.3 is 0 Å². The Morgan fingerprint density at radius 3 is 2.85 bits per heavy atom. The second-order valence-electron chi connectivity index (χ2n) is 6.24. The highest BCUT2D eigenvalue weighted by Crippen LogP contribution is 2.26. The predicted molar refractivity (Wildman–Crippen MR) is 82.5 cm³/mol. The molecule has 2 aliphatic rings. The number of likely N-dealkylation sites (N-methyl/N-ethyl adjacent to an activating group) is 1. The number of nitrogens with one attached hydrogen (secondary N) is 1. The minimum Gasteiger partial charge on any atom is -0.497 e. The molecule has 0 spiro atoms. The lowest BCUT2D eigenvalue weighted by molar-refractivity contribution is 0.310. The van der Waals surface area contributed by atoms with Gasteiger partial charge in [0.15, 0.2) is 0 Å². The van der Waals surface area contributed by atoms with Crippen LogP contribution >= 0.6 is 0 Å². The number of rotatable bonds is 6. The summed E-state index contributed by atoms with van der Waals surface area (Å²) < 4.78 is 5.33. The minimum absolute atomic E-state index is 0.627. The summed E-state index contributed by atoms with van der Waals surface area (Å²) in [6.45, 7) is 2.28. The van der Waals surface area contributed by atoms with E-state index in [0.29, 0.717) is 6.04 Å². The van der Waals surface area contributed by atoms with E-state index in [1.807, 2.05) is 0 Å². The molecule has 1 atom stereocenters. The average Bonchev–Trinajstić information content (AvgIpc) is 3.31. The summed E-state index contributed by atoms with van der Waals surface area (Å²) in [4.78, 5) is 2.49. The maximum atomic E-state index is 5.33. The molecule has 3 nitrogen and oxygen atoms in total. The number of methoxy groups -OCH3 is 1. The van der Waals surface area contributed by atoms with Crippen LogP contribution in [0.5, 0.6) is 5.75 Å². The molecule has 0 radical (unpaired) electrons. The molecule has 1 fully saturated rings. The third-order valence-electron chi connectivity index (χ3n) is 4.71. The van der Waals surface area contributed by atoms with Gasteiger partial charge in [-0.15, -0.1) is 0 Å². The van der Waals surface area contributed by atoms with Gasteiger partial charge in [0, 0.05) is 25.2 Å². The van der Waals surface area contributed by atoms with Gasteiger partial charge in [0.25, 0.3) is 0 Å². The van der Waals surface area contributed by atoms with Gasteiger partial charge in [0.1, 0.15) is 5.75 Å². The van der Waals surface area contributed by atoms with Crippen LogP contribution in [0.2, 0.25) is 0 Å². The van der Waals surface area contributed by atoms with Gasteiger partial charge in [-0.2, -0.15) is 0 Å². The Hall–Kier alpha value is -1.06. The lowest BCUT2D eigenvalue weighted by atomic mass is 9.88. The molecule has 1 aromatic rings. The summed E-state index contributed by atoms with van der Waals surface area (Å²) in [5.41, 5.74) is 2.96. The van der Waals surface area contributed by atoms with Crippen LogP contribution in [0.1, 0.15) is 30.4 Å². The van der Waals surface area contributed by atoms with Crippen LogP contribution in [-0.2, 0) is 12.8 Å². The number of aryl methyl sites for hydroxylation is 1. The van der Waals surface area contributed by atoms with Gasteiger partial charge in [-0.3, -0.25) is 0 Å². The molecule has 20 heavy (non-hydrogen) atoms. The fourth-order valence-electron chi connectivity index (χ4n) is 3.18. The quantitative estimate of drug-likeness (QED) is 0.861. The van der Waals surface area contributed by atoms with Gasteiger partial charge in [-0.1, -0.05) is 6.07 Å². The Morgan fingerprint density at radius 2 is 2.10 bits per heavy atom. The topological polar surface area (TPSA) is 24.5 Å². The van der Waals surface area contributed by atoms with E-state index in [4.69, 9.17) is 4.74 Å². The van der Waals surface area contributed by atoms with Crippen LogP contribution in [0, 0.1) is 0 Å². The highest BCUT2D eigenvalue weighted by atomic mass is 16.5. The molecule has 0 amide bonds. The van der Waals surface area contributed by atoms with Crippen LogP contribution in [0.25, 0.3) is 0 Å². The van der Waals surface area contributed by atoms with Crippen LogP contribution in [-0.4, -0.2) is 44.2 Å². The maximum absolute atomic E-state index is 5.33. The van der Waals surface area contributed by atoms with Crippen LogP contribution in [0.15, 0.2) is 18.2 Å². The van der Waals surface area contributed by atoms with Gasteiger partial charge in [0.05, 0.1) is 7.11 Å². The molecule has 1 unspecified atom stereocenters. The van der Waals surface area contributed by atoms with Crippen molar-refractivity contribution in [3.8, 4) is 5.75 Å². The lowest BCUT2D eigenvalue weighted by Crippen LogP contribution is -2.39. The minimum atomic E-state index is 0.627. The van der Waals surface area contributed by atoms with E-state index in [1.165, 1.54) is 43.4 Å². The van der Waals surface area contributed by atoms with Crippen molar-refractivity contribution in [1.29, 1.82) is 0 Å². The van der Waals surface area contributed by atoms with Crippen molar-refractivity contribution in [1.82, 2.24) is 10.2 Å². The zero-order valence-corrected chi connectivity index (χ0v) is 12.7. The monoisotopic (exact) mass is 274 g/mol. The largest absolute Gasteiger partial charge is 0.497 e. The van der Waals surface area contributed by atoms with Crippen molar-refractivity contribution in [3.05, 3.63) is 29.3 Å². The molecule has 1 saturated carbocycles. The summed E-state index contributed by atoms with van der Waals surface area (Å²) >= 11 is 0. The van der Waals surface area contributed by atoms with E-state index in [1.54, 1.807) is 7.11 Å². The molecule has 0 heterocycles. The Morgan fingerprint density at radius 1 is 1.25 bits per heavy atom. The van der Waals surface area contributed by atoms with Gasteiger partial charge in [-0.05, 0) is 62.4 Å². The second-order valence-corrected chi connectivity index (χ2v) is 6.24. The molecule has 110 valence electrons. The van der Waals surface area contributed by atoms with Crippen molar-refractivity contribution in [2.24, 2.45) is 0 Å². The van der Waals surface area contributed by atoms with E-state index in [9.17, 15) is 0 Å². The predicted octanol–water partition coefficient (Wildman–Crippen LogP) is 2.24. The zero-order chi connectivity index (χ0) is 13.9. The fraction of sp³-hybridized carbons (Fsp3) is 0.647. The van der Waals surface area contributed by atoms with Crippen LogP contribution < -0.4 is 10.1 Å². The molecular formula is C17H26N2O. The zero-order valence-electron chi connectivity index (χ0n) is 12.7. The average molecular weight is 274 g/mol. The van der Waals surface area contributed by atoms with Gasteiger partial charge in [0.2, 0.25) is 0 Å². The molecule has 0 bridgehead atoms. The first-order chi connectivity index (χ1) is 9.76. The third-order valence-corrected chi connectivity index (χ3v) is 4.71. The van der Waals surface area contributed by atoms with E-state index in [2.05, 4.69) is 35.5 Å². The molecule has 0 aromatic heterocycles. The van der Waals surface area contributed by atoms with Gasteiger partial charge in [-0.25, -0.2) is 0 Å². The van der Waals surface area contributed by atoms with Crippen molar-refractivity contribution >= 4 is 0 Å². The summed E-state index contributed by atoms with van der Waals surface area (Å²) in [7, 11) is 3.99. The summed E-state index contributed by atoms with van der Waals surface area (Å²) in [5.74, 6) is 0.984. The van der Waals surface area contributed by atoms with Crippen molar-refractivity contribution in [3.63, 3.8) is 0 Å². The number of benzene rings is 1. The Bertz CT molecular complexity index is 456. The van der Waals surface area contributed by atoms with E-state index in [0.717, 1.165) is 24.8 Å². The van der Waals surface area contributed by atoms with E-state index < -0.39 is 0 Å². The van der Waals surface area contributed by atoms with E-state index >= 15 is 0 Å². The van der Waals surface area contributed by atoms with Crippen LogP contribution in [0.3, 0.4) is 0 Å². The first-order valence-electron chi connectivity index (χ1n) is 7.85. The Kier molecular flexibility index (Phi) is 4.27. The molecule has 2 aliphatic carbocycles. The summed E-state index contributed by atoms with van der Waals surface area (Å²) in [5, 5.41) is 3.73. The maximum Gasteiger partial charge on any atom is 0.119 e. The lowest BCUT2D eigenvalue weighted by Gasteiger charge is -2.27. The highest BCUT2D eigenvalue weighted by Gasteiger charge is 2.25. The van der Waals surface area contributed by atoms with Crippen molar-refractivity contribution in [2.45, 2.75) is 44.2 Å². The number of hydrogen-bond donors (Lipinski definition) is 1. The molecule has 0 aliphatic heterocycles. The summed E-state index contributed by atoms with van der Waals surface area (Å²) in [6, 6.07) is 8.01. The van der Waals surface area contributed by atoms with Crippen LogP contribution in [0.4, 0.5) is 0 Å². The molecule has 3 heteroatoms. The van der Waals surface area contributed by atoms with Gasteiger partial charge < -0.3 is 15.0 Å². The second kappa shape index (κ2) is 6.15. The molecule has 1 N–H and O–H groups in total. The highest BCUT2D eigenvalue weighted by molar-refractivity contribution is 5.37.